The van der Waals surface area contributed by atoms with Crippen molar-refractivity contribution >= 4 is 0 Å². The molecule has 0 bridgehead atoms. The predicted octanol–water partition coefficient (Wildman–Crippen LogP) is 4.08. The van der Waals surface area contributed by atoms with Crippen molar-refractivity contribution in [2.45, 2.75) is 60.9 Å². The monoisotopic (exact) mass is 324 g/mol. The van der Waals surface area contributed by atoms with E-state index in [-0.39, 0.29) is 0 Å². The molecule has 0 N–H and O–H groups in total. The molecule has 4 nitrogen and oxygen atoms in total. The molecule has 1 aromatic heterocycles. The highest BCUT2D eigenvalue weighted by Crippen LogP contribution is 2.24. The van der Waals surface area contributed by atoms with Crippen molar-refractivity contribution in [1.82, 2.24) is 19.6 Å². The Hall–Kier alpha value is -0.870. The van der Waals surface area contributed by atoms with E-state index in [0.29, 0.717) is 6.04 Å². The lowest BCUT2D eigenvalue weighted by molar-refractivity contribution is 0.0818. The zero-order valence-corrected chi connectivity index (χ0v) is 16.8. The second-order valence-corrected chi connectivity index (χ2v) is 5.79. The summed E-state index contributed by atoms with van der Waals surface area (Å²) in [6.45, 7) is 20.3. The minimum atomic E-state index is 0.614. The topological polar surface area (TPSA) is 24.3 Å². The van der Waals surface area contributed by atoms with Crippen LogP contribution in [0.4, 0.5) is 0 Å². The minimum Gasteiger partial charge on any atom is -0.306 e. The van der Waals surface area contributed by atoms with Crippen molar-refractivity contribution in [3.63, 3.8) is 0 Å². The summed E-state index contributed by atoms with van der Waals surface area (Å²) >= 11 is 0. The Kier molecular flexibility index (Phi) is 12.1. The molecule has 1 aromatic rings. The van der Waals surface area contributed by atoms with E-state index >= 15 is 0 Å². The molecule has 23 heavy (non-hydrogen) atoms. The van der Waals surface area contributed by atoms with Crippen LogP contribution in [0.15, 0.2) is 12.4 Å². The molecule has 136 valence electrons. The number of hydrogen-bond acceptors (Lipinski definition) is 3. The van der Waals surface area contributed by atoms with Gasteiger partial charge in [-0.15, -0.1) is 0 Å². The van der Waals surface area contributed by atoms with Crippen LogP contribution in [0.25, 0.3) is 0 Å². The standard InChI is InChI=1S/C13H22N4.3C2H6/c1-11-5-14-17(6-11)13-9-16(10-13)8-12-3-4-15(2)7-12;3*1-2/h5-6,12-13H,3-4,7-10H2,1-2H3;3*1-2H3. The minimum absolute atomic E-state index is 0.614. The molecule has 0 aromatic carbocycles. The normalized spacial score (nSPS) is 21.1. The molecule has 1 unspecified atom stereocenters. The maximum atomic E-state index is 4.40. The fraction of sp³-hybridized carbons (Fsp3) is 0.842. The highest BCUT2D eigenvalue weighted by atomic mass is 15.4. The van der Waals surface area contributed by atoms with Gasteiger partial charge in [0.2, 0.25) is 0 Å². The van der Waals surface area contributed by atoms with Gasteiger partial charge in [-0.2, -0.15) is 5.10 Å². The molecule has 0 saturated carbocycles. The van der Waals surface area contributed by atoms with E-state index in [1.54, 1.807) is 0 Å². The van der Waals surface area contributed by atoms with Crippen molar-refractivity contribution in [2.75, 3.05) is 39.8 Å². The number of likely N-dealkylation sites (tertiary alicyclic amines) is 2. The Labute approximate surface area is 144 Å². The van der Waals surface area contributed by atoms with Crippen LogP contribution in [0.3, 0.4) is 0 Å². The maximum absolute atomic E-state index is 4.40. The van der Waals surface area contributed by atoms with Gasteiger partial charge in [-0.05, 0) is 38.4 Å². The van der Waals surface area contributed by atoms with Crippen LogP contribution < -0.4 is 0 Å². The highest BCUT2D eigenvalue weighted by Gasteiger charge is 2.31. The number of aromatic nitrogens is 2. The second kappa shape index (κ2) is 12.5. The average molecular weight is 325 g/mol. The van der Waals surface area contributed by atoms with Crippen LogP contribution in [0.5, 0.6) is 0 Å². The Morgan fingerprint density at radius 2 is 1.65 bits per heavy atom. The summed E-state index contributed by atoms with van der Waals surface area (Å²) in [6, 6.07) is 0.614. The number of aryl methyl sites for hydroxylation is 1. The van der Waals surface area contributed by atoms with Crippen molar-refractivity contribution in [2.24, 2.45) is 5.92 Å². The molecule has 4 heteroatoms. The van der Waals surface area contributed by atoms with Crippen molar-refractivity contribution in [3.05, 3.63) is 18.0 Å². The predicted molar refractivity (Wildman–Crippen MR) is 102 cm³/mol. The largest absolute Gasteiger partial charge is 0.306 e. The van der Waals surface area contributed by atoms with Crippen LogP contribution in [0.1, 0.15) is 59.6 Å². The van der Waals surface area contributed by atoms with E-state index in [4.69, 9.17) is 0 Å². The molecule has 2 aliphatic rings. The van der Waals surface area contributed by atoms with Crippen LogP contribution in [0, 0.1) is 12.8 Å². The molecule has 0 aliphatic carbocycles. The highest BCUT2D eigenvalue weighted by molar-refractivity contribution is 5.02. The van der Waals surface area contributed by atoms with Gasteiger partial charge in [0.25, 0.3) is 0 Å². The molecule has 0 radical (unpaired) electrons. The van der Waals surface area contributed by atoms with Gasteiger partial charge in [0.1, 0.15) is 0 Å². The Morgan fingerprint density at radius 1 is 1.04 bits per heavy atom. The summed E-state index contributed by atoms with van der Waals surface area (Å²) in [5, 5.41) is 4.40. The SMILES string of the molecule is CC.CC.CC.Cc1cnn(C2CN(CC3CCN(C)C3)C2)c1. The summed E-state index contributed by atoms with van der Waals surface area (Å²) in [5.41, 5.74) is 1.26. The Balaban J connectivity index is 0.000000728. The van der Waals surface area contributed by atoms with Crippen molar-refractivity contribution in [1.29, 1.82) is 0 Å². The van der Waals surface area contributed by atoms with Gasteiger partial charge in [-0.3, -0.25) is 9.58 Å². The van der Waals surface area contributed by atoms with E-state index < -0.39 is 0 Å². The molecule has 3 rings (SSSR count). The lowest BCUT2D eigenvalue weighted by atomic mass is 10.0. The van der Waals surface area contributed by atoms with Crippen LogP contribution in [-0.4, -0.2) is 59.4 Å². The molecule has 1 atom stereocenters. The first-order valence-electron chi connectivity index (χ1n) is 9.62. The smallest absolute Gasteiger partial charge is 0.0772 e. The van der Waals surface area contributed by atoms with Gasteiger partial charge >= 0.3 is 0 Å². The average Bonchev–Trinajstić information content (AvgIpc) is 3.17. The molecule has 0 amide bonds. The van der Waals surface area contributed by atoms with Crippen LogP contribution in [0.2, 0.25) is 0 Å². The lowest BCUT2D eigenvalue weighted by Crippen LogP contribution is -2.49. The number of hydrogen-bond donors (Lipinski definition) is 0. The molecule has 0 spiro atoms. The van der Waals surface area contributed by atoms with Gasteiger partial charge in [0.05, 0.1) is 12.2 Å². The molecule has 2 saturated heterocycles. The van der Waals surface area contributed by atoms with Gasteiger partial charge in [0, 0.05) is 32.4 Å². The number of nitrogens with zero attached hydrogens (tertiary/aromatic N) is 4. The molecule has 3 heterocycles. The zero-order valence-electron chi connectivity index (χ0n) is 16.8. The fourth-order valence-corrected chi connectivity index (χ4v) is 3.03. The first-order chi connectivity index (χ1) is 11.2. The van der Waals surface area contributed by atoms with Crippen LogP contribution in [-0.2, 0) is 0 Å². The summed E-state index contributed by atoms with van der Waals surface area (Å²) in [6.07, 6.45) is 5.48. The molecular formula is C19H40N4. The fourth-order valence-electron chi connectivity index (χ4n) is 3.03. The van der Waals surface area contributed by atoms with Gasteiger partial charge < -0.3 is 4.90 Å². The lowest BCUT2D eigenvalue weighted by Gasteiger charge is -2.40. The summed E-state index contributed by atoms with van der Waals surface area (Å²) in [7, 11) is 2.23. The first-order valence-corrected chi connectivity index (χ1v) is 9.62. The Bertz CT molecular complexity index is 382. The maximum Gasteiger partial charge on any atom is 0.0772 e. The van der Waals surface area contributed by atoms with E-state index in [1.807, 2.05) is 47.7 Å². The second-order valence-electron chi connectivity index (χ2n) is 5.79. The Morgan fingerprint density at radius 3 is 2.09 bits per heavy atom. The summed E-state index contributed by atoms with van der Waals surface area (Å²) < 4.78 is 2.13. The number of rotatable bonds is 3. The van der Waals surface area contributed by atoms with Crippen LogP contribution >= 0.6 is 0 Å². The van der Waals surface area contributed by atoms with E-state index in [2.05, 4.69) is 39.7 Å². The third-order valence-corrected chi connectivity index (χ3v) is 4.05. The third kappa shape index (κ3) is 7.05. The van der Waals surface area contributed by atoms with Gasteiger partial charge in [0.15, 0.2) is 0 Å². The van der Waals surface area contributed by atoms with Crippen molar-refractivity contribution < 1.29 is 0 Å². The zero-order chi connectivity index (χ0) is 17.8. The van der Waals surface area contributed by atoms with E-state index in [0.717, 1.165) is 5.92 Å². The first kappa shape index (κ1) is 22.1. The van der Waals surface area contributed by atoms with E-state index in [1.165, 1.54) is 44.7 Å². The van der Waals surface area contributed by atoms with Crippen molar-refractivity contribution in [3.8, 4) is 0 Å². The third-order valence-electron chi connectivity index (χ3n) is 4.05. The molecule has 2 fully saturated rings. The quantitative estimate of drug-likeness (QED) is 0.837. The van der Waals surface area contributed by atoms with Gasteiger partial charge in [-0.25, -0.2) is 0 Å². The molecule has 2 aliphatic heterocycles. The van der Waals surface area contributed by atoms with Gasteiger partial charge in [-0.1, -0.05) is 41.5 Å². The summed E-state index contributed by atoms with van der Waals surface area (Å²) in [5.74, 6) is 0.889. The molecular weight excluding hydrogens is 284 g/mol. The van der Waals surface area contributed by atoms with E-state index in [9.17, 15) is 0 Å². The summed E-state index contributed by atoms with van der Waals surface area (Å²) in [4.78, 5) is 5.02.